The Balaban J connectivity index is 1.08. The molecule has 6 rings (SSSR count). The predicted molar refractivity (Wildman–Crippen MR) is 139 cm³/mol. The summed E-state index contributed by atoms with van der Waals surface area (Å²) < 4.78 is 33.9. The lowest BCUT2D eigenvalue weighted by Crippen LogP contribution is -2.58. The standard InChI is InChI=1S/C25H31F2N9O3/c26-16-9-30-23-20(22(28)32-36(23)12-16)24(37)31-19-11-29-10-18(27)21(19)34-3-1-15(2-4-34)25(38)35-7-5-33(6-8-35)17-13-39-14-17/h9-12,15,17,20,23H,1-8,13-14H2,(H2,28,32)(H,31,37). The van der Waals surface area contributed by atoms with E-state index in [1.165, 1.54) is 11.2 Å². The summed E-state index contributed by atoms with van der Waals surface area (Å²) >= 11 is 0. The minimum atomic E-state index is -0.984. The van der Waals surface area contributed by atoms with E-state index in [0.29, 0.717) is 45.1 Å². The number of rotatable bonds is 5. The Morgan fingerprint density at radius 2 is 1.79 bits per heavy atom. The van der Waals surface area contributed by atoms with Crippen LogP contribution in [0.5, 0.6) is 0 Å². The Bertz CT molecular complexity index is 1220. The number of nitrogens with two attached hydrogens (primary N) is 1. The Morgan fingerprint density at radius 1 is 1.05 bits per heavy atom. The highest BCUT2D eigenvalue weighted by Crippen LogP contribution is 2.34. The summed E-state index contributed by atoms with van der Waals surface area (Å²) in [7, 11) is 0. The molecule has 1 aromatic rings. The minimum absolute atomic E-state index is 0.0207. The number of anilines is 2. The number of piperidine rings is 1. The topological polar surface area (TPSA) is 132 Å². The van der Waals surface area contributed by atoms with E-state index in [1.807, 2.05) is 9.80 Å². The lowest BCUT2D eigenvalue weighted by atomic mass is 9.94. The number of halogens is 2. The Kier molecular flexibility index (Phi) is 6.89. The van der Waals surface area contributed by atoms with Gasteiger partial charge in [-0.2, -0.15) is 5.10 Å². The molecule has 5 aliphatic rings. The molecule has 5 aliphatic heterocycles. The van der Waals surface area contributed by atoms with Gasteiger partial charge in [-0.15, -0.1) is 0 Å². The number of allylic oxidation sites excluding steroid dienone is 1. The molecule has 0 aromatic carbocycles. The summed E-state index contributed by atoms with van der Waals surface area (Å²) in [5.41, 5.74) is 6.37. The van der Waals surface area contributed by atoms with Gasteiger partial charge in [-0.1, -0.05) is 0 Å². The number of fused-ring (bicyclic) bond motifs is 1. The maximum absolute atomic E-state index is 15.1. The molecule has 0 aliphatic carbocycles. The van der Waals surface area contributed by atoms with E-state index in [1.54, 1.807) is 0 Å². The first-order chi connectivity index (χ1) is 18.9. The third kappa shape index (κ3) is 4.93. The molecule has 12 nitrogen and oxygen atoms in total. The molecule has 3 N–H and O–H groups in total. The van der Waals surface area contributed by atoms with E-state index in [9.17, 15) is 14.0 Å². The van der Waals surface area contributed by atoms with Gasteiger partial charge in [-0.3, -0.25) is 24.5 Å². The molecule has 2 atom stereocenters. The lowest BCUT2D eigenvalue weighted by Gasteiger charge is -2.43. The van der Waals surface area contributed by atoms with Crippen LogP contribution in [0, 0.1) is 17.7 Å². The molecule has 0 saturated carbocycles. The SMILES string of the molecule is NC1=NN2C=C(F)C=NC2C1C(=O)Nc1cncc(F)c1N1CCC(C(=O)N2CCN(C3COC3)CC2)CC1. The Hall–Kier alpha value is -3.65. The first kappa shape index (κ1) is 25.6. The van der Waals surface area contributed by atoms with Crippen LogP contribution in [0.2, 0.25) is 0 Å². The third-order valence-electron chi connectivity index (χ3n) is 8.06. The van der Waals surface area contributed by atoms with Crippen molar-refractivity contribution < 1.29 is 23.1 Å². The highest BCUT2D eigenvalue weighted by Gasteiger charge is 2.42. The smallest absolute Gasteiger partial charge is 0.239 e. The lowest BCUT2D eigenvalue weighted by molar-refractivity contribution is -0.140. The fourth-order valence-corrected chi connectivity index (χ4v) is 5.80. The molecule has 0 spiro atoms. The number of amidine groups is 1. The van der Waals surface area contributed by atoms with Gasteiger partial charge in [0.1, 0.15) is 17.4 Å². The number of pyridine rings is 1. The number of piperazine rings is 1. The monoisotopic (exact) mass is 543 g/mol. The zero-order valence-electron chi connectivity index (χ0n) is 21.4. The molecule has 3 saturated heterocycles. The van der Waals surface area contributed by atoms with Crippen molar-refractivity contribution in [1.29, 1.82) is 0 Å². The number of amides is 2. The second-order valence-electron chi connectivity index (χ2n) is 10.4. The summed E-state index contributed by atoms with van der Waals surface area (Å²) in [6, 6.07) is 0.474. The number of hydrogen-bond acceptors (Lipinski definition) is 10. The van der Waals surface area contributed by atoms with Crippen LogP contribution in [0.4, 0.5) is 20.2 Å². The molecule has 0 radical (unpaired) electrons. The van der Waals surface area contributed by atoms with Crippen molar-refractivity contribution in [1.82, 2.24) is 19.8 Å². The summed E-state index contributed by atoms with van der Waals surface area (Å²) in [6.07, 6.45) is 4.94. The quantitative estimate of drug-likeness (QED) is 0.544. The summed E-state index contributed by atoms with van der Waals surface area (Å²) in [4.78, 5) is 40.5. The summed E-state index contributed by atoms with van der Waals surface area (Å²) in [5, 5.41) is 7.93. The maximum Gasteiger partial charge on any atom is 0.239 e. The molecular weight excluding hydrogens is 512 g/mol. The van der Waals surface area contributed by atoms with Crippen molar-refractivity contribution in [2.24, 2.45) is 27.7 Å². The predicted octanol–water partition coefficient (Wildman–Crippen LogP) is 0.344. The second kappa shape index (κ2) is 10.5. The molecule has 0 bridgehead atoms. The highest BCUT2D eigenvalue weighted by molar-refractivity contribution is 6.10. The van der Waals surface area contributed by atoms with Gasteiger partial charge in [0.25, 0.3) is 0 Å². The average Bonchev–Trinajstić information content (AvgIpc) is 3.23. The fourth-order valence-electron chi connectivity index (χ4n) is 5.80. The van der Waals surface area contributed by atoms with E-state index >= 15 is 4.39 Å². The number of hydrazone groups is 1. The number of ether oxygens (including phenoxy) is 1. The second-order valence-corrected chi connectivity index (χ2v) is 10.4. The average molecular weight is 544 g/mol. The van der Waals surface area contributed by atoms with Crippen LogP contribution in [0.3, 0.4) is 0 Å². The van der Waals surface area contributed by atoms with E-state index in [0.717, 1.165) is 44.9 Å². The van der Waals surface area contributed by atoms with Crippen LogP contribution in [0.1, 0.15) is 12.8 Å². The molecular formula is C25H31F2N9O3. The number of carbonyl (C=O) groups excluding carboxylic acids is 2. The fraction of sp³-hybridized carbons (Fsp3) is 0.560. The third-order valence-corrected chi connectivity index (χ3v) is 8.06. The van der Waals surface area contributed by atoms with E-state index in [4.69, 9.17) is 10.5 Å². The van der Waals surface area contributed by atoms with Crippen LogP contribution in [0.25, 0.3) is 0 Å². The van der Waals surface area contributed by atoms with Gasteiger partial charge in [0.15, 0.2) is 17.8 Å². The van der Waals surface area contributed by atoms with Crippen LogP contribution in [-0.2, 0) is 14.3 Å². The molecule has 6 heterocycles. The van der Waals surface area contributed by atoms with Crippen LogP contribution < -0.4 is 16.0 Å². The van der Waals surface area contributed by atoms with Gasteiger partial charge in [-0.05, 0) is 12.8 Å². The van der Waals surface area contributed by atoms with Crippen molar-refractivity contribution >= 4 is 35.2 Å². The molecule has 14 heteroatoms. The van der Waals surface area contributed by atoms with E-state index in [-0.39, 0.29) is 29.0 Å². The Labute approximate surface area is 224 Å². The summed E-state index contributed by atoms with van der Waals surface area (Å²) in [5.74, 6) is -2.71. The molecule has 2 amide bonds. The van der Waals surface area contributed by atoms with Crippen LogP contribution in [-0.4, -0.2) is 108 Å². The highest BCUT2D eigenvalue weighted by atomic mass is 19.1. The first-order valence-electron chi connectivity index (χ1n) is 13.2. The number of nitrogens with zero attached hydrogens (tertiary/aromatic N) is 7. The van der Waals surface area contributed by atoms with Gasteiger partial charge in [0, 0.05) is 45.2 Å². The number of carbonyl (C=O) groups is 2. The van der Waals surface area contributed by atoms with Crippen LogP contribution >= 0.6 is 0 Å². The molecule has 1 aromatic heterocycles. The van der Waals surface area contributed by atoms with Crippen molar-refractivity contribution in [2.75, 3.05) is 62.7 Å². The number of hydrogen-bond donors (Lipinski definition) is 2. The number of nitrogens with one attached hydrogen (secondary N) is 1. The molecule has 2 unspecified atom stereocenters. The number of aliphatic imine (C=N–C) groups is 1. The van der Waals surface area contributed by atoms with Crippen LogP contribution in [0.15, 0.2) is 34.5 Å². The maximum atomic E-state index is 15.1. The first-order valence-corrected chi connectivity index (χ1v) is 13.2. The van der Waals surface area contributed by atoms with Gasteiger partial charge in [-0.25, -0.2) is 13.8 Å². The van der Waals surface area contributed by atoms with Crippen molar-refractivity contribution in [3.8, 4) is 0 Å². The Morgan fingerprint density at radius 3 is 2.49 bits per heavy atom. The van der Waals surface area contributed by atoms with Gasteiger partial charge >= 0.3 is 0 Å². The van der Waals surface area contributed by atoms with Gasteiger partial charge in [0.05, 0.1) is 49.8 Å². The molecule has 39 heavy (non-hydrogen) atoms. The minimum Gasteiger partial charge on any atom is -0.385 e. The van der Waals surface area contributed by atoms with E-state index < -0.39 is 29.6 Å². The normalized spacial score (nSPS) is 26.2. The zero-order valence-corrected chi connectivity index (χ0v) is 21.4. The number of aromatic nitrogens is 1. The molecule has 3 fully saturated rings. The van der Waals surface area contributed by atoms with Crippen molar-refractivity contribution in [3.63, 3.8) is 0 Å². The van der Waals surface area contributed by atoms with Crippen molar-refractivity contribution in [2.45, 2.75) is 25.0 Å². The van der Waals surface area contributed by atoms with Gasteiger partial charge in [0.2, 0.25) is 11.8 Å². The zero-order chi connectivity index (χ0) is 27.1. The van der Waals surface area contributed by atoms with Gasteiger partial charge < -0.3 is 25.6 Å². The van der Waals surface area contributed by atoms with E-state index in [2.05, 4.69) is 25.3 Å². The van der Waals surface area contributed by atoms with Crippen molar-refractivity contribution in [3.05, 3.63) is 30.2 Å². The molecule has 208 valence electrons. The summed E-state index contributed by atoms with van der Waals surface area (Å²) in [6.45, 7) is 5.59. The largest absolute Gasteiger partial charge is 0.385 e.